The lowest BCUT2D eigenvalue weighted by Crippen LogP contribution is -2.07. The predicted octanol–water partition coefficient (Wildman–Crippen LogP) is 2.18. The van der Waals surface area contributed by atoms with Crippen molar-refractivity contribution in [3.63, 3.8) is 0 Å². The SMILES string of the molecule is C=C(C)C(=O)Oc1ccccc1.CCOCC.OCCO. The van der Waals surface area contributed by atoms with Crippen molar-refractivity contribution < 1.29 is 24.5 Å². The van der Waals surface area contributed by atoms with Gasteiger partial charge in [-0.3, -0.25) is 0 Å². The Morgan fingerprint density at radius 3 is 1.86 bits per heavy atom. The van der Waals surface area contributed by atoms with Gasteiger partial charge in [-0.15, -0.1) is 0 Å². The first-order chi connectivity index (χ1) is 10.0. The third-order valence-corrected chi connectivity index (χ3v) is 1.81. The summed E-state index contributed by atoms with van der Waals surface area (Å²) in [5.74, 6) is 0.159. The van der Waals surface area contributed by atoms with Crippen molar-refractivity contribution in [1.82, 2.24) is 0 Å². The molecule has 0 fully saturated rings. The van der Waals surface area contributed by atoms with Gasteiger partial charge in [0.2, 0.25) is 0 Å². The number of hydrogen-bond acceptors (Lipinski definition) is 5. The van der Waals surface area contributed by atoms with Crippen molar-refractivity contribution in [3.8, 4) is 5.75 Å². The van der Waals surface area contributed by atoms with Gasteiger partial charge < -0.3 is 19.7 Å². The highest BCUT2D eigenvalue weighted by atomic mass is 16.5. The highest BCUT2D eigenvalue weighted by molar-refractivity contribution is 5.88. The molecule has 21 heavy (non-hydrogen) atoms. The average Bonchev–Trinajstić information content (AvgIpc) is 2.50. The second-order valence-electron chi connectivity index (χ2n) is 3.71. The molecule has 0 atom stereocenters. The highest BCUT2D eigenvalue weighted by Gasteiger charge is 2.03. The van der Waals surface area contributed by atoms with Gasteiger partial charge in [0, 0.05) is 18.8 Å². The Hall–Kier alpha value is -1.69. The molecule has 1 rings (SSSR count). The number of benzene rings is 1. The summed E-state index contributed by atoms with van der Waals surface area (Å²) in [6.07, 6.45) is 0. The Balaban J connectivity index is 0. The van der Waals surface area contributed by atoms with E-state index in [-0.39, 0.29) is 19.2 Å². The summed E-state index contributed by atoms with van der Waals surface area (Å²) < 4.78 is 9.77. The molecule has 0 aromatic heterocycles. The molecule has 0 aliphatic heterocycles. The van der Waals surface area contributed by atoms with Gasteiger partial charge in [0.1, 0.15) is 5.75 Å². The Kier molecular flexibility index (Phi) is 16.8. The topological polar surface area (TPSA) is 76.0 Å². The van der Waals surface area contributed by atoms with Gasteiger partial charge in [0.25, 0.3) is 0 Å². The number of hydrogen-bond donors (Lipinski definition) is 2. The average molecular weight is 298 g/mol. The Bertz CT molecular complexity index is 358. The molecule has 0 heterocycles. The van der Waals surface area contributed by atoms with Crippen LogP contribution in [0.1, 0.15) is 20.8 Å². The zero-order valence-electron chi connectivity index (χ0n) is 13.0. The maximum absolute atomic E-state index is 11.0. The Labute approximate surface area is 126 Å². The number of carbonyl (C=O) groups excluding carboxylic acids is 1. The molecular formula is C16H26O5. The first kappa shape index (κ1) is 21.6. The van der Waals surface area contributed by atoms with E-state index in [9.17, 15) is 4.79 Å². The van der Waals surface area contributed by atoms with E-state index >= 15 is 0 Å². The van der Waals surface area contributed by atoms with E-state index in [1.54, 1.807) is 31.2 Å². The van der Waals surface area contributed by atoms with Gasteiger partial charge in [0.15, 0.2) is 0 Å². The maximum atomic E-state index is 11.0. The van der Waals surface area contributed by atoms with Crippen LogP contribution in [-0.4, -0.2) is 42.6 Å². The van der Waals surface area contributed by atoms with Gasteiger partial charge in [-0.05, 0) is 32.9 Å². The van der Waals surface area contributed by atoms with Crippen LogP contribution in [0.2, 0.25) is 0 Å². The van der Waals surface area contributed by atoms with Crippen molar-refractivity contribution in [3.05, 3.63) is 42.5 Å². The van der Waals surface area contributed by atoms with Crippen molar-refractivity contribution in [2.75, 3.05) is 26.4 Å². The molecule has 5 nitrogen and oxygen atoms in total. The van der Waals surface area contributed by atoms with E-state index in [0.29, 0.717) is 11.3 Å². The fourth-order valence-corrected chi connectivity index (χ4v) is 0.887. The second-order valence-corrected chi connectivity index (χ2v) is 3.71. The molecule has 0 radical (unpaired) electrons. The molecule has 0 unspecified atom stereocenters. The molecule has 0 saturated carbocycles. The van der Waals surface area contributed by atoms with Crippen LogP contribution in [0.4, 0.5) is 0 Å². The second kappa shape index (κ2) is 16.4. The molecule has 5 heteroatoms. The largest absolute Gasteiger partial charge is 0.423 e. The van der Waals surface area contributed by atoms with Gasteiger partial charge >= 0.3 is 5.97 Å². The standard InChI is InChI=1S/C10H10O2.C4H10O.C2H6O2/c1-8(2)10(11)12-9-6-4-3-5-7-9;1-3-5-4-2;3-1-2-4/h3-7H,1H2,2H3;3-4H2,1-2H3;3-4H,1-2H2. The lowest BCUT2D eigenvalue weighted by atomic mass is 10.3. The van der Waals surface area contributed by atoms with Crippen LogP contribution < -0.4 is 4.74 Å². The number of carbonyl (C=O) groups is 1. The Morgan fingerprint density at radius 1 is 1.10 bits per heavy atom. The molecule has 0 spiro atoms. The quantitative estimate of drug-likeness (QED) is 0.495. The number of rotatable bonds is 5. The van der Waals surface area contributed by atoms with Crippen molar-refractivity contribution >= 4 is 5.97 Å². The van der Waals surface area contributed by atoms with Crippen LogP contribution in [0.15, 0.2) is 42.5 Å². The molecule has 2 N–H and O–H groups in total. The third kappa shape index (κ3) is 16.3. The highest BCUT2D eigenvalue weighted by Crippen LogP contribution is 2.09. The summed E-state index contributed by atoms with van der Waals surface area (Å²) in [6.45, 7) is 10.5. The lowest BCUT2D eigenvalue weighted by molar-refractivity contribution is -0.130. The Morgan fingerprint density at radius 2 is 1.57 bits per heavy atom. The first-order valence-corrected chi connectivity index (χ1v) is 6.75. The summed E-state index contributed by atoms with van der Waals surface area (Å²) in [5, 5.41) is 15.2. The molecule has 0 saturated heterocycles. The zero-order chi connectivity index (χ0) is 16.5. The molecule has 0 aliphatic carbocycles. The van der Waals surface area contributed by atoms with Crippen LogP contribution in [0.25, 0.3) is 0 Å². The van der Waals surface area contributed by atoms with Crippen molar-refractivity contribution in [2.45, 2.75) is 20.8 Å². The van der Waals surface area contributed by atoms with Crippen LogP contribution >= 0.6 is 0 Å². The maximum Gasteiger partial charge on any atom is 0.338 e. The van der Waals surface area contributed by atoms with Crippen LogP contribution in [0, 0.1) is 0 Å². The van der Waals surface area contributed by atoms with Crippen LogP contribution in [0.5, 0.6) is 5.75 Å². The third-order valence-electron chi connectivity index (χ3n) is 1.81. The van der Waals surface area contributed by atoms with E-state index in [0.717, 1.165) is 13.2 Å². The van der Waals surface area contributed by atoms with Gasteiger partial charge in [-0.2, -0.15) is 0 Å². The summed E-state index contributed by atoms with van der Waals surface area (Å²) in [4.78, 5) is 11.0. The first-order valence-electron chi connectivity index (χ1n) is 6.75. The van der Waals surface area contributed by atoms with Crippen molar-refractivity contribution in [1.29, 1.82) is 0 Å². The molecule has 0 amide bonds. The van der Waals surface area contributed by atoms with Gasteiger partial charge in [-0.25, -0.2) is 4.79 Å². The number of ether oxygens (including phenoxy) is 2. The number of para-hydroxylation sites is 1. The molecule has 120 valence electrons. The summed E-state index contributed by atoms with van der Waals surface area (Å²) >= 11 is 0. The molecule has 1 aromatic carbocycles. The predicted molar refractivity (Wildman–Crippen MR) is 83.2 cm³/mol. The number of esters is 1. The minimum absolute atomic E-state index is 0.125. The van der Waals surface area contributed by atoms with Gasteiger partial charge in [0.05, 0.1) is 13.2 Å². The van der Waals surface area contributed by atoms with Gasteiger partial charge in [-0.1, -0.05) is 24.8 Å². The van der Waals surface area contributed by atoms with Crippen molar-refractivity contribution in [2.24, 2.45) is 0 Å². The lowest BCUT2D eigenvalue weighted by Gasteiger charge is -2.01. The van der Waals surface area contributed by atoms with E-state index in [2.05, 4.69) is 6.58 Å². The summed E-state index contributed by atoms with van der Waals surface area (Å²) in [5.41, 5.74) is 0.402. The molecular weight excluding hydrogens is 272 g/mol. The molecule has 0 bridgehead atoms. The van der Waals surface area contributed by atoms with Crippen LogP contribution in [0.3, 0.4) is 0 Å². The molecule has 0 aliphatic rings. The smallest absolute Gasteiger partial charge is 0.338 e. The monoisotopic (exact) mass is 298 g/mol. The summed E-state index contributed by atoms with van der Waals surface area (Å²) in [7, 11) is 0. The van der Waals surface area contributed by atoms with E-state index in [4.69, 9.17) is 19.7 Å². The fourth-order valence-electron chi connectivity index (χ4n) is 0.887. The zero-order valence-corrected chi connectivity index (χ0v) is 13.0. The van der Waals surface area contributed by atoms with E-state index in [1.165, 1.54) is 0 Å². The number of aliphatic hydroxyl groups is 2. The minimum Gasteiger partial charge on any atom is -0.423 e. The molecule has 1 aromatic rings. The van der Waals surface area contributed by atoms with E-state index < -0.39 is 0 Å². The normalized spacial score (nSPS) is 8.62. The summed E-state index contributed by atoms with van der Waals surface area (Å²) in [6, 6.07) is 8.92. The van der Waals surface area contributed by atoms with E-state index in [1.807, 2.05) is 19.9 Å². The van der Waals surface area contributed by atoms with Crippen LogP contribution in [-0.2, 0) is 9.53 Å². The number of aliphatic hydroxyl groups excluding tert-OH is 2. The minimum atomic E-state index is -0.388. The fraction of sp³-hybridized carbons (Fsp3) is 0.438.